The number of halogens is 4. The first-order valence-electron chi connectivity index (χ1n) is 32.8. The van der Waals surface area contributed by atoms with Gasteiger partial charge in [-0.1, -0.05) is 54.7 Å². The van der Waals surface area contributed by atoms with Gasteiger partial charge >= 0.3 is 23.0 Å². The Balaban J connectivity index is 0.000000263. The minimum atomic E-state index is -2.25. The van der Waals surface area contributed by atoms with Crippen molar-refractivity contribution in [2.24, 2.45) is 37.3 Å². The molecular weight excluding hydrogens is 1520 g/mol. The highest BCUT2D eigenvalue weighted by Gasteiger charge is 2.60. The minimum absolute atomic E-state index is 0.0632. The van der Waals surface area contributed by atoms with Gasteiger partial charge in [-0.25, -0.2) is 36.7 Å². The first kappa shape index (κ1) is 91.0. The van der Waals surface area contributed by atoms with Gasteiger partial charge in [-0.3, -0.25) is 28.3 Å². The Hall–Kier alpha value is -9.62. The molecular formula is C59H84F4N24O21S2. The van der Waals surface area contributed by atoms with Crippen LogP contribution in [-0.2, 0) is 47.5 Å². The van der Waals surface area contributed by atoms with Gasteiger partial charge in [-0.15, -0.1) is 0 Å². The number of aliphatic imine (C=N–C) groups is 1. The van der Waals surface area contributed by atoms with Crippen molar-refractivity contribution in [3.8, 4) is 0 Å². The van der Waals surface area contributed by atoms with Crippen LogP contribution in [0.3, 0.4) is 0 Å². The first-order valence-corrected chi connectivity index (χ1v) is 35.5. The summed E-state index contributed by atoms with van der Waals surface area (Å²) >= 11 is 3.13. The van der Waals surface area contributed by atoms with Crippen LogP contribution in [0.15, 0.2) is 101 Å². The maximum Gasteiger partial charge on any atom is 0.351 e. The van der Waals surface area contributed by atoms with Crippen LogP contribution < -0.4 is 38.3 Å². The lowest BCUT2D eigenvalue weighted by Crippen LogP contribution is -2.45. The number of hydrogen-bond donors (Lipinski definition) is 12. The van der Waals surface area contributed by atoms with Crippen molar-refractivity contribution in [2.45, 2.75) is 169 Å². The van der Waals surface area contributed by atoms with Gasteiger partial charge in [0.1, 0.15) is 60.1 Å². The largest absolute Gasteiger partial charge is 0.467 e. The summed E-state index contributed by atoms with van der Waals surface area (Å²) in [5.74, 6) is 2.14. The molecule has 3 aromatic rings. The fourth-order valence-corrected chi connectivity index (χ4v) is 11.6. The molecule has 110 heavy (non-hydrogen) atoms. The van der Waals surface area contributed by atoms with Crippen LogP contribution in [0.25, 0.3) is 41.8 Å². The fraction of sp³-hybridized carbons (Fsp3) is 0.661. The van der Waals surface area contributed by atoms with E-state index in [2.05, 4.69) is 87.9 Å². The van der Waals surface area contributed by atoms with Gasteiger partial charge < -0.3 is 100 Å². The zero-order valence-corrected chi connectivity index (χ0v) is 61.5. The number of alkyl halides is 4. The molecule has 0 radical (unpaired) electrons. The van der Waals surface area contributed by atoms with E-state index in [0.29, 0.717) is 42.6 Å². The Morgan fingerprint density at radius 2 is 1.02 bits per heavy atom. The SMILES string of the molecule is C=C1NC(=N[C@@H](C(=O)OC)C(C)C)C=CN1C1O[C@@](CO)(N=[N+]=[N-])C(O)[C@@H]1F.CC(C)[C@H](C)Nc1ccn(C2O[C@@](CO)(N=[N+]=[N-])C(O)[C@@H]2F)c(=O)n1.CSCC[C@@H](COC=O)Nc1ccn(C2O[C@@](CO)(N=[N+]=[N-])C(O)[C@@H]2F)c(=O)n1.CSCC[C@H](Nc1ccn(C2O[C@@](CO)(N=[N+]=[N-])C(O)[C@@H]2F)c(=O)n1)OC=O. The molecule has 0 amide bonds. The molecule has 0 bridgehead atoms. The van der Waals surface area contributed by atoms with E-state index < -0.39 is 159 Å². The topological polar surface area (TPSA) is 641 Å². The number of nitrogens with zero attached hydrogens (tertiary/aromatic N) is 20. The quantitative estimate of drug-likeness (QED) is 0.00604. The third kappa shape index (κ3) is 21.7. The lowest BCUT2D eigenvalue weighted by atomic mass is 10.1. The van der Waals surface area contributed by atoms with Crippen molar-refractivity contribution in [1.29, 1.82) is 0 Å². The molecule has 20 atom stereocenters. The summed E-state index contributed by atoms with van der Waals surface area (Å²) in [5, 5.41) is 102. The number of azide groups is 4. The summed E-state index contributed by atoms with van der Waals surface area (Å²) in [7, 11) is 1.27. The third-order valence-electron chi connectivity index (χ3n) is 17.0. The normalized spacial score (nSPS) is 29.2. The van der Waals surface area contributed by atoms with Gasteiger partial charge in [-0.2, -0.15) is 38.5 Å². The molecule has 3 aromatic heterocycles. The highest BCUT2D eigenvalue weighted by molar-refractivity contribution is 7.98. The van der Waals surface area contributed by atoms with E-state index in [4.69, 9.17) is 55.3 Å². The summed E-state index contributed by atoms with van der Waals surface area (Å²) in [4.78, 5) is 96.5. The summed E-state index contributed by atoms with van der Waals surface area (Å²) in [6, 6.07) is 3.19. The molecule has 4 saturated heterocycles. The molecule has 0 aliphatic carbocycles. The lowest BCUT2D eigenvalue weighted by molar-refractivity contribution is -0.143. The lowest BCUT2D eigenvalue weighted by Gasteiger charge is -2.33. The maximum atomic E-state index is 14.6. The molecule has 8 heterocycles. The van der Waals surface area contributed by atoms with E-state index in [0.717, 1.165) is 25.7 Å². The van der Waals surface area contributed by atoms with Crippen molar-refractivity contribution in [3.05, 3.63) is 135 Å². The first-order chi connectivity index (χ1) is 52.3. The average molecular weight is 1610 g/mol. The van der Waals surface area contributed by atoms with Gasteiger partial charge in [-0.05, 0) is 95.6 Å². The number of amidine groups is 1. The highest BCUT2D eigenvalue weighted by atomic mass is 32.2. The zero-order valence-electron chi connectivity index (χ0n) is 59.9. The molecule has 8 unspecified atom stereocenters. The maximum absolute atomic E-state index is 14.6. The second-order valence-corrected chi connectivity index (χ2v) is 26.7. The standard InChI is InChI=1S/C16H23FN6O5.C15H21FN6O6S.C14H19FN6O6S.C14H21FN6O4/c1-8(2)12(15(26)27-4)20-10-5-6-23(9(3)19-10)14-11(17)13(25)16(7-24,28-14)21-22-18;1-29-5-3-9(6-27-8-24)18-10-2-4-22(14(26)19-10)13-11(16)12(25)15(7-23,28-13)20-21-17;1-28-5-3-9(26-7-23)17-8-2-4-21(13(25)18-8)12-10(15)11(24)14(6-22,27-12)19-20-16;1-7(2)8(3)17-9-4-5-21(13(24)18-9)12-10(15)11(23)14(6-22,25-12)19-20-16/h5-6,8,11-14,24-25H,3,7H2,1-2,4H3,(H,19,20);2,4,8-9,11-13,23,25H,3,5-7H2,1H3,(H,18,19,26);2,4,7,9-12,22,24H,3,5-6H2,1H3,(H,17,18,25);4-5,7-8,10-12,22-23H,6H2,1-3H3,(H,17,18,24)/t11-,12+,13?,14?,16+;9-,11-,12?,13?,15+;9-,10+,11?,12?,14-;8-,10-,11?,12?,14+/m0010/s1. The summed E-state index contributed by atoms with van der Waals surface area (Å²) < 4.78 is 95.6. The zero-order chi connectivity index (χ0) is 82.0. The van der Waals surface area contributed by atoms with Crippen molar-refractivity contribution in [2.75, 3.05) is 80.1 Å². The summed E-state index contributed by atoms with van der Waals surface area (Å²) in [6.45, 7) is 10.2. The Labute approximate surface area is 629 Å². The smallest absolute Gasteiger partial charge is 0.351 e. The predicted octanol–water partition coefficient (Wildman–Crippen LogP) is 1.76. The Kier molecular flexibility index (Phi) is 34.7. The number of carbonyl (C=O) groups is 3. The molecule has 0 spiro atoms. The molecule has 0 aromatic carbocycles. The fourth-order valence-electron chi connectivity index (χ4n) is 10.6. The summed E-state index contributed by atoms with van der Waals surface area (Å²) in [5.41, 5.74) is 22.9. The molecule has 606 valence electrons. The predicted molar refractivity (Wildman–Crippen MR) is 379 cm³/mol. The van der Waals surface area contributed by atoms with Crippen molar-refractivity contribution < 1.29 is 106 Å². The van der Waals surface area contributed by atoms with Gasteiger partial charge in [0.2, 0.25) is 22.9 Å². The van der Waals surface area contributed by atoms with Crippen LogP contribution in [0, 0.1) is 11.8 Å². The monoisotopic (exact) mass is 1600 g/mol. The molecule has 0 saturated carbocycles. The molecule has 45 nitrogen and oxygen atoms in total. The second kappa shape index (κ2) is 42.0. The van der Waals surface area contributed by atoms with Crippen LogP contribution in [0.2, 0.25) is 0 Å². The van der Waals surface area contributed by atoms with Crippen molar-refractivity contribution in [1.82, 2.24) is 38.9 Å². The second-order valence-electron chi connectivity index (χ2n) is 24.8. The third-order valence-corrected chi connectivity index (χ3v) is 18.3. The number of thioether (sulfide) groups is 2. The Morgan fingerprint density at radius 1 is 0.636 bits per heavy atom. The number of carbonyl (C=O) groups excluding carboxylic acids is 3. The summed E-state index contributed by atoms with van der Waals surface area (Å²) in [6.07, 6.45) is -11.8. The Bertz CT molecular complexity index is 4070. The van der Waals surface area contributed by atoms with Gasteiger partial charge in [0, 0.05) is 56.9 Å². The number of aliphatic hydroxyl groups excluding tert-OH is 8. The van der Waals surface area contributed by atoms with Crippen LogP contribution in [0.1, 0.15) is 66.1 Å². The molecule has 5 aliphatic rings. The molecule has 51 heteroatoms. The van der Waals surface area contributed by atoms with Gasteiger partial charge in [0.05, 0.1) is 39.6 Å². The number of hydrogen-bond acceptors (Lipinski definition) is 35. The van der Waals surface area contributed by atoms with Crippen LogP contribution in [-0.4, -0.2) is 266 Å². The van der Waals surface area contributed by atoms with Gasteiger partial charge in [0.25, 0.3) is 12.9 Å². The number of ether oxygens (including phenoxy) is 7. The van der Waals surface area contributed by atoms with E-state index in [1.165, 1.54) is 66.6 Å². The van der Waals surface area contributed by atoms with E-state index in [-0.39, 0.29) is 48.5 Å². The number of aliphatic hydroxyl groups is 8. The van der Waals surface area contributed by atoms with E-state index in [1.807, 2.05) is 47.1 Å². The molecule has 8 rings (SSSR count). The van der Waals surface area contributed by atoms with E-state index in [1.54, 1.807) is 11.8 Å². The highest BCUT2D eigenvalue weighted by Crippen LogP contribution is 2.43. The van der Waals surface area contributed by atoms with Crippen molar-refractivity contribution in [3.63, 3.8) is 0 Å². The van der Waals surface area contributed by atoms with Gasteiger partial charge in [0.15, 0.2) is 61.9 Å². The Morgan fingerprint density at radius 3 is 1.35 bits per heavy atom. The number of aromatic nitrogens is 6. The number of anilines is 3. The van der Waals surface area contributed by atoms with Crippen LogP contribution >= 0.6 is 23.5 Å². The molecule has 12 N–H and O–H groups in total. The van der Waals surface area contributed by atoms with E-state index in [9.17, 15) is 87.2 Å². The van der Waals surface area contributed by atoms with Crippen molar-refractivity contribution >= 4 is 65.7 Å². The number of methoxy groups -OCH3 is 1. The van der Waals surface area contributed by atoms with Crippen LogP contribution in [0.4, 0.5) is 35.0 Å². The van der Waals surface area contributed by atoms with E-state index >= 15 is 0 Å². The number of esters is 1. The molecule has 4 fully saturated rings. The number of rotatable bonds is 33. The van der Waals surface area contributed by atoms with Crippen LogP contribution in [0.5, 0.6) is 0 Å². The minimum Gasteiger partial charge on any atom is -0.467 e. The molecule has 5 aliphatic heterocycles. The number of nitrogens with one attached hydrogen (secondary N) is 4. The average Bonchev–Trinajstić information content (AvgIpc) is 1.64.